The van der Waals surface area contributed by atoms with Crippen LogP contribution in [0.2, 0.25) is 0 Å². The smallest absolute Gasteiger partial charge is 0.270 e. The monoisotopic (exact) mass is 526 g/mol. The number of halogens is 2. The Morgan fingerprint density at radius 1 is 1.30 bits per heavy atom. The third kappa shape index (κ3) is 4.14. The fourth-order valence-electron chi connectivity index (χ4n) is 2.98. The molecule has 0 N–H and O–H groups in total. The topological polar surface area (TPSA) is 43.2 Å². The third-order valence-corrected chi connectivity index (χ3v) is 8.03. The van der Waals surface area contributed by atoms with Gasteiger partial charge in [-0.1, -0.05) is 11.3 Å². The maximum absolute atomic E-state index is 13.6. The first-order chi connectivity index (χ1) is 13.9. The van der Waals surface area contributed by atoms with Crippen LogP contribution < -0.4 is 41.1 Å². The third-order valence-electron chi connectivity index (χ3n) is 4.77. The number of hydrogen-bond donors (Lipinski definition) is 0. The molecule has 1 aromatic carbocycles. The Labute approximate surface area is 194 Å². The van der Waals surface area contributed by atoms with E-state index in [1.54, 1.807) is 39.5 Å². The van der Waals surface area contributed by atoms with Crippen molar-refractivity contribution in [3.05, 3.63) is 64.4 Å². The molecule has 4 aromatic rings. The second-order valence-electron chi connectivity index (χ2n) is 6.59. The van der Waals surface area contributed by atoms with Gasteiger partial charge in [0.2, 0.25) is 5.52 Å². The standard InChI is InChI=1S/C20H20FN4OS3.BrH/c1-5-25-18(9-17-24(4)14-8-13(21)6-7-15(14)28-17)29-16(19(25)26)10-22-20-23(3)12(2)11-27-20;/h6-11H,5H2,1-4H3;1H/q+1;/p-1/b16-10-,22-20?;. The predicted molar refractivity (Wildman–Crippen MR) is 118 cm³/mol. The molecule has 0 radical (unpaired) electrons. The van der Waals surface area contributed by atoms with Crippen LogP contribution in [-0.2, 0) is 20.6 Å². The number of aryl methyl sites for hydroxylation is 2. The molecule has 0 saturated carbocycles. The number of hydrogen-bond acceptors (Lipinski definition) is 5. The molecule has 0 aliphatic carbocycles. The van der Waals surface area contributed by atoms with Gasteiger partial charge >= 0.3 is 0 Å². The highest BCUT2D eigenvalue weighted by Gasteiger charge is 2.16. The maximum Gasteiger partial charge on any atom is 0.270 e. The molecule has 10 heteroatoms. The Morgan fingerprint density at radius 3 is 2.73 bits per heavy atom. The van der Waals surface area contributed by atoms with Gasteiger partial charge in [0.05, 0.1) is 12.3 Å². The number of fused-ring (bicyclic) bond motifs is 1. The molecule has 3 heterocycles. The number of thiazole rings is 3. The molecule has 0 unspecified atom stereocenters. The zero-order chi connectivity index (χ0) is 20.7. The van der Waals surface area contributed by atoms with Crippen LogP contribution in [0.15, 0.2) is 33.4 Å². The second-order valence-corrected chi connectivity index (χ2v) is 9.55. The zero-order valence-corrected chi connectivity index (χ0v) is 20.9. The van der Waals surface area contributed by atoms with E-state index in [9.17, 15) is 9.18 Å². The highest BCUT2D eigenvalue weighted by molar-refractivity contribution is 7.19. The molecule has 0 fully saturated rings. The Bertz CT molecular complexity index is 1470. The summed E-state index contributed by atoms with van der Waals surface area (Å²) in [6.07, 6.45) is 3.65. The summed E-state index contributed by atoms with van der Waals surface area (Å²) >= 11 is 4.54. The van der Waals surface area contributed by atoms with E-state index in [1.165, 1.54) is 23.5 Å². The van der Waals surface area contributed by atoms with Gasteiger partial charge in [0, 0.05) is 30.7 Å². The molecule has 0 aliphatic rings. The first kappa shape index (κ1) is 22.8. The van der Waals surface area contributed by atoms with E-state index < -0.39 is 0 Å². The molecule has 0 spiro atoms. The lowest BCUT2D eigenvalue weighted by Gasteiger charge is -1.93. The minimum Gasteiger partial charge on any atom is -1.00 e. The van der Waals surface area contributed by atoms with Crippen LogP contribution in [0, 0.1) is 12.7 Å². The highest BCUT2D eigenvalue weighted by Crippen LogP contribution is 2.21. The van der Waals surface area contributed by atoms with Crippen LogP contribution >= 0.6 is 34.0 Å². The van der Waals surface area contributed by atoms with Crippen LogP contribution in [0.4, 0.5) is 4.39 Å². The maximum atomic E-state index is 13.6. The molecular formula is C20H20BrFN4OS3. The summed E-state index contributed by atoms with van der Waals surface area (Å²) in [5, 5.41) is 2.99. The zero-order valence-electron chi connectivity index (χ0n) is 16.8. The Hall–Kier alpha value is -1.88. The van der Waals surface area contributed by atoms with E-state index in [1.807, 2.05) is 48.5 Å². The van der Waals surface area contributed by atoms with Gasteiger partial charge in [0.15, 0.2) is 4.80 Å². The van der Waals surface area contributed by atoms with Crippen LogP contribution in [-0.4, -0.2) is 9.13 Å². The summed E-state index contributed by atoms with van der Waals surface area (Å²) in [6, 6.07) is 4.79. The van der Waals surface area contributed by atoms with E-state index >= 15 is 0 Å². The highest BCUT2D eigenvalue weighted by atomic mass is 79.9. The summed E-state index contributed by atoms with van der Waals surface area (Å²) in [6.45, 7) is 4.55. The van der Waals surface area contributed by atoms with Crippen LogP contribution in [0.3, 0.4) is 0 Å². The number of benzene rings is 1. The van der Waals surface area contributed by atoms with Crippen molar-refractivity contribution >= 4 is 56.5 Å². The molecule has 4 rings (SSSR count). The SMILES string of the molecule is CCn1c(=O)/c(=C/N=c2scc(C)n2C)s/c1=C\c1sc2ccc(F)cc2[n+]1C.[Br-]. The molecular weight excluding hydrogens is 507 g/mol. The van der Waals surface area contributed by atoms with Crippen molar-refractivity contribution < 1.29 is 25.9 Å². The lowest BCUT2D eigenvalue weighted by atomic mass is 10.3. The summed E-state index contributed by atoms with van der Waals surface area (Å²) in [4.78, 5) is 18.2. The van der Waals surface area contributed by atoms with Crippen molar-refractivity contribution in [2.75, 3.05) is 0 Å². The van der Waals surface area contributed by atoms with Gasteiger partial charge in [-0.25, -0.2) is 9.38 Å². The predicted octanol–water partition coefficient (Wildman–Crippen LogP) is -1.01. The Balaban J connectivity index is 0.00000256. The molecule has 0 aliphatic heterocycles. The molecule has 0 atom stereocenters. The Morgan fingerprint density at radius 2 is 2.07 bits per heavy atom. The molecule has 0 saturated heterocycles. The summed E-state index contributed by atoms with van der Waals surface area (Å²) in [7, 11) is 3.87. The van der Waals surface area contributed by atoms with E-state index in [0.29, 0.717) is 11.1 Å². The lowest BCUT2D eigenvalue weighted by Crippen LogP contribution is -3.00. The quantitative estimate of drug-likeness (QED) is 0.315. The van der Waals surface area contributed by atoms with Gasteiger partial charge in [-0.2, -0.15) is 4.57 Å². The van der Waals surface area contributed by atoms with Crippen molar-refractivity contribution in [3.8, 4) is 0 Å². The van der Waals surface area contributed by atoms with Crippen LogP contribution in [0.5, 0.6) is 0 Å². The molecule has 0 amide bonds. The van der Waals surface area contributed by atoms with E-state index in [-0.39, 0.29) is 28.4 Å². The summed E-state index contributed by atoms with van der Waals surface area (Å²) in [5.41, 5.74) is 1.92. The fourth-order valence-corrected chi connectivity index (χ4v) is 5.99. The van der Waals surface area contributed by atoms with Gasteiger partial charge in [0.25, 0.3) is 10.6 Å². The second kappa shape index (κ2) is 9.09. The van der Waals surface area contributed by atoms with Crippen molar-refractivity contribution in [2.45, 2.75) is 20.4 Å². The van der Waals surface area contributed by atoms with Gasteiger partial charge in [-0.05, 0) is 26.0 Å². The van der Waals surface area contributed by atoms with Gasteiger partial charge < -0.3 is 21.5 Å². The summed E-state index contributed by atoms with van der Waals surface area (Å²) in [5.74, 6) is -0.255. The Kier molecular flexibility index (Phi) is 6.91. The molecule has 30 heavy (non-hydrogen) atoms. The van der Waals surface area contributed by atoms with Crippen molar-refractivity contribution in [1.29, 1.82) is 0 Å². The van der Waals surface area contributed by atoms with Gasteiger partial charge in [-0.3, -0.25) is 9.36 Å². The van der Waals surface area contributed by atoms with Gasteiger partial charge in [0.1, 0.15) is 26.8 Å². The van der Waals surface area contributed by atoms with E-state index in [0.717, 1.165) is 30.4 Å². The average Bonchev–Trinajstić information content (AvgIpc) is 3.29. The number of aromatic nitrogens is 3. The van der Waals surface area contributed by atoms with Crippen molar-refractivity contribution in [2.24, 2.45) is 19.1 Å². The molecule has 3 aromatic heterocycles. The number of nitrogens with zero attached hydrogens (tertiary/aromatic N) is 4. The fraction of sp³-hybridized carbons (Fsp3) is 0.250. The van der Waals surface area contributed by atoms with Gasteiger partial charge in [-0.15, -0.1) is 22.7 Å². The van der Waals surface area contributed by atoms with E-state index in [4.69, 9.17) is 0 Å². The minimum atomic E-state index is -0.255. The largest absolute Gasteiger partial charge is 1.00 e. The lowest BCUT2D eigenvalue weighted by molar-refractivity contribution is -0.642. The summed E-state index contributed by atoms with van der Waals surface area (Å²) < 4.78 is 21.8. The molecule has 0 bridgehead atoms. The van der Waals surface area contributed by atoms with E-state index in [2.05, 4.69) is 4.99 Å². The normalized spacial score (nSPS) is 13.4. The van der Waals surface area contributed by atoms with Crippen molar-refractivity contribution in [1.82, 2.24) is 9.13 Å². The van der Waals surface area contributed by atoms with Crippen LogP contribution in [0.25, 0.3) is 22.5 Å². The minimum absolute atomic E-state index is 0. The first-order valence-corrected chi connectivity index (χ1v) is 11.5. The molecule has 158 valence electrons. The van der Waals surface area contributed by atoms with Crippen molar-refractivity contribution in [3.63, 3.8) is 0 Å². The first-order valence-electron chi connectivity index (χ1n) is 9.03. The van der Waals surface area contributed by atoms with Crippen LogP contribution in [0.1, 0.15) is 17.6 Å². The molecule has 5 nitrogen and oxygen atoms in total. The average molecular weight is 528 g/mol. The number of rotatable bonds is 3.